The molecule has 5 rings (SSSR count). The molecular weight excluding hydrogens is 488 g/mol. The van der Waals surface area contributed by atoms with E-state index in [9.17, 15) is 9.59 Å². The number of fused-ring (bicyclic) bond motifs is 2. The number of carbonyl (C=O) groups is 2. The number of hydrogen-bond acceptors (Lipinski definition) is 6. The number of amides is 1. The Morgan fingerprint density at radius 2 is 2.03 bits per heavy atom. The van der Waals surface area contributed by atoms with Crippen LogP contribution in [0, 0.1) is 5.92 Å². The number of thiophene rings is 2. The van der Waals surface area contributed by atoms with Gasteiger partial charge in [-0.1, -0.05) is 36.7 Å². The van der Waals surface area contributed by atoms with E-state index in [1.54, 1.807) is 13.0 Å². The number of ether oxygens (including phenoxy) is 1. The number of para-hydroxylation sites is 1. The number of esters is 1. The highest BCUT2D eigenvalue weighted by molar-refractivity contribution is 7.19. The van der Waals surface area contributed by atoms with Crippen molar-refractivity contribution < 1.29 is 14.3 Å². The first-order valence-electron chi connectivity index (χ1n) is 11.2. The fraction of sp³-hybridized carbons (Fsp3) is 0.269. The zero-order chi connectivity index (χ0) is 23.8. The van der Waals surface area contributed by atoms with Gasteiger partial charge in [-0.15, -0.1) is 22.7 Å². The minimum absolute atomic E-state index is 0.278. The summed E-state index contributed by atoms with van der Waals surface area (Å²) in [5, 5.41) is 4.35. The number of rotatable bonds is 5. The molecule has 8 heteroatoms. The molecule has 0 bridgehead atoms. The highest BCUT2D eigenvalue weighted by atomic mass is 35.5. The molecule has 4 aromatic rings. The Morgan fingerprint density at radius 3 is 2.79 bits per heavy atom. The summed E-state index contributed by atoms with van der Waals surface area (Å²) in [6, 6.07) is 13.1. The van der Waals surface area contributed by atoms with Crippen LogP contribution in [0.15, 0.2) is 42.5 Å². The maximum Gasteiger partial charge on any atom is 0.341 e. The lowest BCUT2D eigenvalue weighted by Crippen LogP contribution is -2.17. The summed E-state index contributed by atoms with van der Waals surface area (Å²) in [6.45, 7) is 4.29. The van der Waals surface area contributed by atoms with Gasteiger partial charge in [0.05, 0.1) is 38.2 Å². The van der Waals surface area contributed by atoms with Crippen molar-refractivity contribution in [2.75, 3.05) is 11.9 Å². The van der Waals surface area contributed by atoms with Gasteiger partial charge in [-0.2, -0.15) is 0 Å². The summed E-state index contributed by atoms with van der Waals surface area (Å²) in [5.41, 5.74) is 3.43. The fourth-order valence-electron chi connectivity index (χ4n) is 4.37. The first-order valence-corrected chi connectivity index (χ1v) is 13.2. The lowest BCUT2D eigenvalue weighted by Gasteiger charge is -2.18. The van der Waals surface area contributed by atoms with E-state index in [0.717, 1.165) is 45.5 Å². The van der Waals surface area contributed by atoms with E-state index in [2.05, 4.69) is 12.2 Å². The van der Waals surface area contributed by atoms with E-state index in [4.69, 9.17) is 21.3 Å². The predicted molar refractivity (Wildman–Crippen MR) is 139 cm³/mol. The average Bonchev–Trinajstić information content (AvgIpc) is 3.41. The Bertz CT molecular complexity index is 1410. The van der Waals surface area contributed by atoms with Crippen LogP contribution in [0.1, 0.15) is 51.4 Å². The number of benzene rings is 1. The third-order valence-corrected chi connectivity index (χ3v) is 8.43. The minimum atomic E-state index is -0.377. The van der Waals surface area contributed by atoms with Gasteiger partial charge >= 0.3 is 5.97 Å². The van der Waals surface area contributed by atoms with E-state index in [-0.39, 0.29) is 18.5 Å². The van der Waals surface area contributed by atoms with Gasteiger partial charge in [-0.25, -0.2) is 9.78 Å². The minimum Gasteiger partial charge on any atom is -0.462 e. The van der Waals surface area contributed by atoms with E-state index in [1.165, 1.54) is 22.7 Å². The van der Waals surface area contributed by atoms with E-state index >= 15 is 0 Å². The van der Waals surface area contributed by atoms with E-state index < -0.39 is 0 Å². The van der Waals surface area contributed by atoms with Crippen molar-refractivity contribution in [3.05, 3.63) is 68.4 Å². The van der Waals surface area contributed by atoms with Crippen molar-refractivity contribution in [2.45, 2.75) is 33.1 Å². The van der Waals surface area contributed by atoms with Gasteiger partial charge in [0.1, 0.15) is 5.00 Å². The maximum atomic E-state index is 13.6. The number of carbonyl (C=O) groups excluding carboxylic acids is 2. The average molecular weight is 511 g/mol. The number of halogens is 1. The largest absolute Gasteiger partial charge is 0.462 e. The number of hydrogen-bond donors (Lipinski definition) is 1. The van der Waals surface area contributed by atoms with Crippen LogP contribution in [0.5, 0.6) is 0 Å². The molecule has 34 heavy (non-hydrogen) atoms. The highest BCUT2D eigenvalue weighted by Crippen LogP contribution is 2.40. The molecule has 0 saturated heterocycles. The summed E-state index contributed by atoms with van der Waals surface area (Å²) < 4.78 is 6.01. The topological polar surface area (TPSA) is 68.3 Å². The number of pyridine rings is 1. The molecule has 1 aromatic carbocycles. The summed E-state index contributed by atoms with van der Waals surface area (Å²) >= 11 is 9.04. The molecule has 0 aliphatic heterocycles. The molecule has 0 fully saturated rings. The molecule has 1 atom stereocenters. The molecule has 1 amide bonds. The van der Waals surface area contributed by atoms with Crippen molar-refractivity contribution in [1.29, 1.82) is 0 Å². The van der Waals surface area contributed by atoms with Crippen LogP contribution in [0.25, 0.3) is 21.5 Å². The SMILES string of the molecule is CCOC(=O)c1c(NC(=O)c2cc(-c3ccc(Cl)s3)nc3ccccc23)sc2c1CCC(C)C2. The van der Waals surface area contributed by atoms with Gasteiger partial charge in [-0.05, 0) is 61.9 Å². The highest BCUT2D eigenvalue weighted by Gasteiger charge is 2.29. The van der Waals surface area contributed by atoms with Crippen molar-refractivity contribution >= 4 is 62.1 Å². The normalized spacial score (nSPS) is 15.2. The Kier molecular flexibility index (Phi) is 6.42. The second-order valence-electron chi connectivity index (χ2n) is 8.41. The fourth-order valence-corrected chi connectivity index (χ4v) is 6.77. The molecule has 3 aromatic heterocycles. The van der Waals surface area contributed by atoms with Gasteiger partial charge in [0, 0.05) is 10.3 Å². The summed E-state index contributed by atoms with van der Waals surface area (Å²) in [7, 11) is 0. The molecule has 5 nitrogen and oxygen atoms in total. The van der Waals surface area contributed by atoms with Gasteiger partial charge in [0.15, 0.2) is 0 Å². The van der Waals surface area contributed by atoms with Crippen LogP contribution in [0.3, 0.4) is 0 Å². The second-order valence-corrected chi connectivity index (χ2v) is 11.2. The van der Waals surface area contributed by atoms with E-state index in [0.29, 0.717) is 32.1 Å². The van der Waals surface area contributed by atoms with Gasteiger partial charge in [0.25, 0.3) is 5.91 Å². The molecule has 1 aliphatic carbocycles. The number of nitrogens with one attached hydrogen (secondary N) is 1. The second kappa shape index (κ2) is 9.49. The molecule has 1 N–H and O–H groups in total. The van der Waals surface area contributed by atoms with Gasteiger partial charge in [-0.3, -0.25) is 4.79 Å². The molecule has 0 saturated carbocycles. The predicted octanol–water partition coefficient (Wildman–Crippen LogP) is 7.23. The van der Waals surface area contributed by atoms with Crippen LogP contribution in [0.2, 0.25) is 4.34 Å². The Labute approximate surface area is 210 Å². The van der Waals surface area contributed by atoms with Crippen LogP contribution < -0.4 is 5.32 Å². The standard InChI is InChI=1S/C26H23ClN2O3S2/c1-3-32-26(31)23-16-9-8-14(2)12-21(16)34-25(23)29-24(30)17-13-19(20-10-11-22(27)33-20)28-18-7-5-4-6-15(17)18/h4-7,10-11,13-14H,3,8-9,12H2,1-2H3,(H,29,30). The van der Waals surface area contributed by atoms with Crippen molar-refractivity contribution in [1.82, 2.24) is 4.98 Å². The third-order valence-electron chi connectivity index (χ3n) is 6.00. The smallest absolute Gasteiger partial charge is 0.341 e. The lowest BCUT2D eigenvalue weighted by molar-refractivity contribution is 0.0526. The molecule has 0 radical (unpaired) electrons. The van der Waals surface area contributed by atoms with Crippen LogP contribution in [-0.2, 0) is 17.6 Å². The Morgan fingerprint density at radius 1 is 1.21 bits per heavy atom. The number of nitrogens with zero attached hydrogens (tertiary/aromatic N) is 1. The lowest BCUT2D eigenvalue weighted by atomic mass is 9.88. The molecule has 1 unspecified atom stereocenters. The number of anilines is 1. The first kappa shape index (κ1) is 23.0. The van der Waals surface area contributed by atoms with Crippen molar-refractivity contribution in [3.8, 4) is 10.6 Å². The summed E-state index contributed by atoms with van der Waals surface area (Å²) in [4.78, 5) is 33.3. The number of aromatic nitrogens is 1. The van der Waals surface area contributed by atoms with Crippen LogP contribution >= 0.6 is 34.3 Å². The summed E-state index contributed by atoms with van der Waals surface area (Å²) in [5.74, 6) is -0.105. The van der Waals surface area contributed by atoms with E-state index in [1.807, 2.05) is 36.4 Å². The molecule has 0 spiro atoms. The van der Waals surface area contributed by atoms with Gasteiger partial charge < -0.3 is 10.1 Å². The quantitative estimate of drug-likeness (QED) is 0.287. The van der Waals surface area contributed by atoms with Crippen LogP contribution in [0.4, 0.5) is 5.00 Å². The molecule has 174 valence electrons. The zero-order valence-corrected chi connectivity index (χ0v) is 21.2. The van der Waals surface area contributed by atoms with Crippen LogP contribution in [-0.4, -0.2) is 23.5 Å². The monoisotopic (exact) mass is 510 g/mol. The maximum absolute atomic E-state index is 13.6. The summed E-state index contributed by atoms with van der Waals surface area (Å²) in [6.07, 6.45) is 2.74. The molecule has 3 heterocycles. The first-order chi connectivity index (χ1) is 16.4. The molecule has 1 aliphatic rings. The Balaban J connectivity index is 1.57. The zero-order valence-electron chi connectivity index (χ0n) is 18.8. The Hall–Kier alpha value is -2.74. The van der Waals surface area contributed by atoms with Gasteiger partial charge in [0.2, 0.25) is 0 Å². The molecular formula is C26H23ClN2O3S2. The van der Waals surface area contributed by atoms with Crippen molar-refractivity contribution in [2.24, 2.45) is 5.92 Å². The third kappa shape index (κ3) is 4.35. The van der Waals surface area contributed by atoms with Crippen molar-refractivity contribution in [3.63, 3.8) is 0 Å².